The monoisotopic (exact) mass is 714 g/mol. The van der Waals surface area contributed by atoms with Gasteiger partial charge in [0.1, 0.15) is 16.2 Å². The van der Waals surface area contributed by atoms with Gasteiger partial charge in [0.15, 0.2) is 17.5 Å². The minimum Gasteiger partial charge on any atom is -0.455 e. The van der Waals surface area contributed by atoms with E-state index in [1.807, 2.05) is 54.6 Å². The third-order valence-electron chi connectivity index (χ3n) is 9.80. The van der Waals surface area contributed by atoms with Gasteiger partial charge in [-0.1, -0.05) is 121 Å². The number of fused-ring (bicyclic) bond motifs is 7. The predicted octanol–water partition coefficient (Wildman–Crippen LogP) is 13.1. The Hall–Kier alpha value is -6.54. The van der Waals surface area contributed by atoms with Gasteiger partial charge in [-0.05, 0) is 42.0 Å². The second-order valence-electron chi connectivity index (χ2n) is 13.0. The molecule has 0 aliphatic rings. The zero-order valence-electron chi connectivity index (χ0n) is 28.0. The van der Waals surface area contributed by atoms with Crippen molar-refractivity contribution >= 4 is 75.0 Å². The van der Waals surface area contributed by atoms with E-state index < -0.39 is 0 Å². The Morgan fingerprint density at radius 3 is 1.92 bits per heavy atom. The van der Waals surface area contributed by atoms with Crippen molar-refractivity contribution in [2.75, 3.05) is 0 Å². The van der Waals surface area contributed by atoms with E-state index in [0.717, 1.165) is 71.2 Å². The molecule has 7 aromatic carbocycles. The Morgan fingerprint density at radius 2 is 1.06 bits per heavy atom. The van der Waals surface area contributed by atoms with Crippen molar-refractivity contribution in [1.82, 2.24) is 19.9 Å². The first-order chi connectivity index (χ1) is 26.2. The number of nitrogens with zero attached hydrogens (tertiary/aromatic N) is 4. The molecule has 0 saturated carbocycles. The molecule has 0 spiro atoms. The van der Waals surface area contributed by atoms with Gasteiger partial charge in [0.2, 0.25) is 0 Å². The Bertz CT molecular complexity index is 3150. The smallest absolute Gasteiger partial charge is 0.164 e. The highest BCUT2D eigenvalue weighted by Gasteiger charge is 2.19. The first-order valence-corrected chi connectivity index (χ1v) is 19.0. The van der Waals surface area contributed by atoms with Crippen molar-refractivity contribution in [3.8, 4) is 55.9 Å². The van der Waals surface area contributed by atoms with E-state index in [2.05, 4.69) is 103 Å². The van der Waals surface area contributed by atoms with Crippen LogP contribution < -0.4 is 0 Å². The summed E-state index contributed by atoms with van der Waals surface area (Å²) in [5.74, 6) is 1.89. The quantitative estimate of drug-likeness (QED) is 0.178. The molecule has 0 fully saturated rings. The van der Waals surface area contributed by atoms with Gasteiger partial charge in [-0.25, -0.2) is 19.9 Å². The van der Waals surface area contributed by atoms with Crippen LogP contribution in [0.25, 0.3) is 108 Å². The average Bonchev–Trinajstić information content (AvgIpc) is 3.94. The van der Waals surface area contributed by atoms with E-state index in [-0.39, 0.29) is 0 Å². The molecule has 0 aliphatic carbocycles. The predicted molar refractivity (Wildman–Crippen MR) is 220 cm³/mol. The summed E-state index contributed by atoms with van der Waals surface area (Å²) in [5.41, 5.74) is 8.84. The molecule has 5 nitrogen and oxygen atoms in total. The van der Waals surface area contributed by atoms with Gasteiger partial charge in [-0.3, -0.25) is 0 Å². The fraction of sp³-hybridized carbons (Fsp3) is 0. The maximum absolute atomic E-state index is 6.35. The maximum atomic E-state index is 6.35. The molecule has 4 heterocycles. The summed E-state index contributed by atoms with van der Waals surface area (Å²) in [5, 5.41) is 5.55. The van der Waals surface area contributed by atoms with Gasteiger partial charge >= 0.3 is 0 Å². The highest BCUT2D eigenvalue weighted by atomic mass is 32.1. The SMILES string of the molecule is c1ccc(-c2nc(-c3ccc(-c4cccc5c4oc4ccccc45)cc3)nc(-c3cccc4sc5ccc(-c6nc7ccccc7s6)cc5c34)n2)cc1. The minimum atomic E-state index is 0.619. The maximum Gasteiger partial charge on any atom is 0.164 e. The molecule has 53 heavy (non-hydrogen) atoms. The summed E-state index contributed by atoms with van der Waals surface area (Å²) in [6.07, 6.45) is 0. The normalized spacial score (nSPS) is 11.8. The van der Waals surface area contributed by atoms with Gasteiger partial charge in [-0.15, -0.1) is 22.7 Å². The van der Waals surface area contributed by atoms with E-state index >= 15 is 0 Å². The lowest BCUT2D eigenvalue weighted by Gasteiger charge is -2.10. The molecule has 248 valence electrons. The Labute approximate surface area is 311 Å². The van der Waals surface area contributed by atoms with E-state index in [4.69, 9.17) is 24.4 Å². The van der Waals surface area contributed by atoms with Crippen LogP contribution in [0, 0.1) is 0 Å². The lowest BCUT2D eigenvalue weighted by molar-refractivity contribution is 0.670. The lowest BCUT2D eigenvalue weighted by atomic mass is 10.0. The number of hydrogen-bond acceptors (Lipinski definition) is 7. The highest BCUT2D eigenvalue weighted by molar-refractivity contribution is 7.26. The molecule has 0 unspecified atom stereocenters. The van der Waals surface area contributed by atoms with Crippen LogP contribution in [0.1, 0.15) is 0 Å². The number of furan rings is 1. The molecular formula is C46H26N4OS2. The van der Waals surface area contributed by atoms with Crippen LogP contribution in [-0.2, 0) is 0 Å². The molecule has 0 N–H and O–H groups in total. The molecule has 7 heteroatoms. The Morgan fingerprint density at radius 1 is 0.396 bits per heavy atom. The largest absolute Gasteiger partial charge is 0.455 e. The van der Waals surface area contributed by atoms with Gasteiger partial charge in [0.25, 0.3) is 0 Å². The van der Waals surface area contributed by atoms with E-state index in [1.165, 1.54) is 19.5 Å². The zero-order chi connectivity index (χ0) is 34.9. The van der Waals surface area contributed by atoms with Gasteiger partial charge < -0.3 is 4.42 Å². The highest BCUT2D eigenvalue weighted by Crippen LogP contribution is 2.42. The fourth-order valence-electron chi connectivity index (χ4n) is 7.26. The fourth-order valence-corrected chi connectivity index (χ4v) is 9.33. The van der Waals surface area contributed by atoms with Crippen molar-refractivity contribution in [2.45, 2.75) is 0 Å². The molecular weight excluding hydrogens is 689 g/mol. The average molecular weight is 715 g/mol. The van der Waals surface area contributed by atoms with Gasteiger partial charge in [0.05, 0.1) is 10.2 Å². The topological polar surface area (TPSA) is 64.7 Å². The molecule has 4 aromatic heterocycles. The van der Waals surface area contributed by atoms with Gasteiger partial charge in [0, 0.05) is 58.8 Å². The zero-order valence-corrected chi connectivity index (χ0v) is 29.7. The third kappa shape index (κ3) is 5.04. The second kappa shape index (κ2) is 12.0. The molecule has 0 bridgehead atoms. The standard InChI is InChI=1S/C46H26N4OS2/c1-2-10-28(11-3-1)43-48-44(29-22-20-27(21-23-29)31-13-8-14-33-32-12-4-6-17-37(32)51-42(31)33)50-45(49-43)34-15-9-19-40-41(34)35-26-30(24-25-38(35)52-40)46-47-36-16-5-7-18-39(36)53-46/h1-26H. The number of thiophene rings is 1. The lowest BCUT2D eigenvalue weighted by Crippen LogP contribution is -2.00. The number of rotatable bonds is 5. The molecule has 0 radical (unpaired) electrons. The van der Waals surface area contributed by atoms with Crippen molar-refractivity contribution in [2.24, 2.45) is 0 Å². The molecule has 0 amide bonds. The van der Waals surface area contributed by atoms with Gasteiger partial charge in [-0.2, -0.15) is 0 Å². The van der Waals surface area contributed by atoms with Crippen LogP contribution in [0.5, 0.6) is 0 Å². The summed E-state index contributed by atoms with van der Waals surface area (Å²) >= 11 is 3.51. The first kappa shape index (κ1) is 30.1. The third-order valence-corrected chi connectivity index (χ3v) is 12.0. The van der Waals surface area contributed by atoms with Crippen LogP contribution in [0.4, 0.5) is 0 Å². The number of thiazole rings is 1. The number of para-hydroxylation sites is 3. The molecule has 11 aromatic rings. The molecule has 0 saturated heterocycles. The van der Waals surface area contributed by atoms with Crippen molar-refractivity contribution in [3.63, 3.8) is 0 Å². The van der Waals surface area contributed by atoms with Crippen LogP contribution in [-0.4, -0.2) is 19.9 Å². The van der Waals surface area contributed by atoms with Crippen LogP contribution in [0.2, 0.25) is 0 Å². The Balaban J connectivity index is 1.06. The molecule has 11 rings (SSSR count). The van der Waals surface area contributed by atoms with Crippen LogP contribution in [0.15, 0.2) is 162 Å². The van der Waals surface area contributed by atoms with Crippen LogP contribution >= 0.6 is 22.7 Å². The van der Waals surface area contributed by atoms with Crippen molar-refractivity contribution in [3.05, 3.63) is 158 Å². The summed E-state index contributed by atoms with van der Waals surface area (Å²) in [6, 6.07) is 54.5. The molecule has 0 aliphatic heterocycles. The summed E-state index contributed by atoms with van der Waals surface area (Å²) in [7, 11) is 0. The summed E-state index contributed by atoms with van der Waals surface area (Å²) in [6.45, 7) is 0. The van der Waals surface area contributed by atoms with E-state index in [1.54, 1.807) is 22.7 Å². The second-order valence-corrected chi connectivity index (χ2v) is 15.1. The number of hydrogen-bond donors (Lipinski definition) is 0. The minimum absolute atomic E-state index is 0.619. The number of aromatic nitrogens is 4. The number of benzene rings is 7. The first-order valence-electron chi connectivity index (χ1n) is 17.4. The van der Waals surface area contributed by atoms with Crippen LogP contribution in [0.3, 0.4) is 0 Å². The summed E-state index contributed by atoms with van der Waals surface area (Å²) in [4.78, 5) is 20.3. The van der Waals surface area contributed by atoms with E-state index in [0.29, 0.717) is 17.5 Å². The van der Waals surface area contributed by atoms with Crippen molar-refractivity contribution < 1.29 is 4.42 Å². The van der Waals surface area contributed by atoms with E-state index in [9.17, 15) is 0 Å². The van der Waals surface area contributed by atoms with Crippen molar-refractivity contribution in [1.29, 1.82) is 0 Å². The summed E-state index contributed by atoms with van der Waals surface area (Å²) < 4.78 is 9.94. The Kier molecular flexibility index (Phi) is 6.83. The molecule has 0 atom stereocenters.